The van der Waals surface area contributed by atoms with Crippen molar-refractivity contribution < 1.29 is 28.7 Å². The fourth-order valence-corrected chi connectivity index (χ4v) is 7.84. The van der Waals surface area contributed by atoms with Crippen molar-refractivity contribution in [2.45, 2.75) is 77.4 Å². The number of ether oxygens (including phenoxy) is 2. The lowest BCUT2D eigenvalue weighted by Gasteiger charge is -2.42. The Morgan fingerprint density at radius 1 is 0.898 bits per heavy atom. The summed E-state index contributed by atoms with van der Waals surface area (Å²) in [5.41, 5.74) is 4.48. The molecule has 2 N–H and O–H groups in total. The van der Waals surface area contributed by atoms with Crippen LogP contribution in [0.3, 0.4) is 0 Å². The Hall–Kier alpha value is -4.16. The van der Waals surface area contributed by atoms with E-state index in [1.807, 2.05) is 60.0 Å². The Labute approximate surface area is 289 Å². The fourth-order valence-electron chi connectivity index (χ4n) is 7.84. The van der Waals surface area contributed by atoms with E-state index in [1.54, 1.807) is 4.90 Å². The van der Waals surface area contributed by atoms with Gasteiger partial charge in [-0.3, -0.25) is 14.5 Å². The Kier molecular flexibility index (Phi) is 11.0. The SMILES string of the molecule is CC(=O)Oc1c(C)cc(C[C@@H](NC(=O)N2CCC(N3CCc4ccccc4NC3=O)CC2)C(=O)N2CCN(C3CCOCC3)CC2)cc1C. The van der Waals surface area contributed by atoms with Crippen LogP contribution < -0.4 is 15.4 Å². The second kappa shape index (κ2) is 15.6. The number of hydrogen-bond acceptors (Lipinski definition) is 7. The van der Waals surface area contributed by atoms with Crippen molar-refractivity contribution in [3.8, 4) is 5.75 Å². The molecule has 12 nitrogen and oxygen atoms in total. The number of rotatable bonds is 7. The summed E-state index contributed by atoms with van der Waals surface area (Å²) in [4.78, 5) is 60.7. The molecule has 0 saturated carbocycles. The number of fused-ring (bicyclic) bond motifs is 1. The van der Waals surface area contributed by atoms with Crippen molar-refractivity contribution in [2.24, 2.45) is 0 Å². The number of aryl methyl sites for hydroxylation is 2. The highest BCUT2D eigenvalue weighted by atomic mass is 16.5. The van der Waals surface area contributed by atoms with Gasteiger partial charge in [0.25, 0.3) is 0 Å². The maximum atomic E-state index is 14.1. The van der Waals surface area contributed by atoms with Crippen LogP contribution in [0, 0.1) is 13.8 Å². The predicted octanol–water partition coefficient (Wildman–Crippen LogP) is 3.73. The van der Waals surface area contributed by atoms with E-state index in [0.29, 0.717) is 63.8 Å². The summed E-state index contributed by atoms with van der Waals surface area (Å²) >= 11 is 0. The maximum Gasteiger partial charge on any atom is 0.322 e. The Morgan fingerprint density at radius 2 is 1.57 bits per heavy atom. The summed E-state index contributed by atoms with van der Waals surface area (Å²) in [6.07, 6.45) is 4.46. The highest BCUT2D eigenvalue weighted by Crippen LogP contribution is 2.27. The summed E-state index contributed by atoms with van der Waals surface area (Å²) in [6.45, 7) is 11.1. The minimum absolute atomic E-state index is 0.0319. The standard InChI is InChI=1S/C37H50N6O6/c1-25-22-28(23-26(2)34(25)49-27(3)44)24-33(35(45)41-18-16-40(17-19-41)30-11-20-48-21-12-30)39-36(46)42-13-9-31(10-14-42)43-15-8-29-6-4-5-7-32(29)38-37(43)47/h4-7,22-23,30-31,33H,8-21,24H2,1-3H3,(H,38,47)(H,39,46)/t33-/m1/s1. The second-order valence-corrected chi connectivity index (χ2v) is 13.8. The van der Waals surface area contributed by atoms with Crippen LogP contribution in [0.4, 0.5) is 15.3 Å². The van der Waals surface area contributed by atoms with Crippen LogP contribution in [-0.4, -0.2) is 121 Å². The number of urea groups is 2. The smallest absolute Gasteiger partial charge is 0.322 e. The molecule has 0 bridgehead atoms. The number of anilines is 1. The quantitative estimate of drug-likeness (QED) is 0.339. The van der Waals surface area contributed by atoms with Gasteiger partial charge >= 0.3 is 18.0 Å². The van der Waals surface area contributed by atoms with E-state index in [2.05, 4.69) is 15.5 Å². The molecule has 4 aliphatic heterocycles. The predicted molar refractivity (Wildman–Crippen MR) is 186 cm³/mol. The van der Waals surface area contributed by atoms with E-state index < -0.39 is 6.04 Å². The van der Waals surface area contributed by atoms with E-state index in [-0.39, 0.29) is 30.0 Å². The van der Waals surface area contributed by atoms with Gasteiger partial charge in [-0.1, -0.05) is 30.3 Å². The second-order valence-electron chi connectivity index (χ2n) is 13.8. The van der Waals surface area contributed by atoms with E-state index in [9.17, 15) is 19.2 Å². The number of carbonyl (C=O) groups is 4. The molecule has 49 heavy (non-hydrogen) atoms. The fraction of sp³-hybridized carbons (Fsp3) is 0.568. The topological polar surface area (TPSA) is 124 Å². The van der Waals surface area contributed by atoms with Crippen LogP contribution in [0.15, 0.2) is 36.4 Å². The highest BCUT2D eigenvalue weighted by Gasteiger charge is 2.35. The molecule has 12 heteroatoms. The van der Waals surface area contributed by atoms with Crippen LogP contribution in [0.25, 0.3) is 0 Å². The number of para-hydroxylation sites is 1. The first-order valence-electron chi connectivity index (χ1n) is 17.8. The van der Waals surface area contributed by atoms with Gasteiger partial charge in [0.1, 0.15) is 11.8 Å². The number of nitrogens with zero attached hydrogens (tertiary/aromatic N) is 4. The lowest BCUT2D eigenvalue weighted by molar-refractivity contribution is -0.135. The van der Waals surface area contributed by atoms with Gasteiger partial charge < -0.3 is 34.8 Å². The lowest BCUT2D eigenvalue weighted by atomic mass is 9.98. The third-order valence-corrected chi connectivity index (χ3v) is 10.5. The van der Waals surface area contributed by atoms with Gasteiger partial charge in [0, 0.05) is 90.1 Å². The molecule has 4 heterocycles. The van der Waals surface area contributed by atoms with Gasteiger partial charge in [-0.05, 0) is 74.3 Å². The Balaban J connectivity index is 1.11. The minimum atomic E-state index is -0.756. The summed E-state index contributed by atoms with van der Waals surface area (Å²) in [5.74, 6) is 0.0526. The lowest BCUT2D eigenvalue weighted by Crippen LogP contribution is -2.59. The van der Waals surface area contributed by atoms with Crippen LogP contribution in [0.2, 0.25) is 0 Å². The third-order valence-electron chi connectivity index (χ3n) is 10.5. The molecule has 1 atom stereocenters. The van der Waals surface area contributed by atoms with Crippen LogP contribution in [-0.2, 0) is 27.2 Å². The van der Waals surface area contributed by atoms with Crippen molar-refractivity contribution >= 4 is 29.6 Å². The van der Waals surface area contributed by atoms with Crippen molar-refractivity contribution in [3.05, 3.63) is 58.7 Å². The monoisotopic (exact) mass is 674 g/mol. The molecule has 0 radical (unpaired) electrons. The van der Waals surface area contributed by atoms with E-state index >= 15 is 0 Å². The van der Waals surface area contributed by atoms with Crippen LogP contribution >= 0.6 is 0 Å². The molecule has 0 unspecified atom stereocenters. The Bertz CT molecular complexity index is 1500. The third kappa shape index (κ3) is 8.36. The summed E-state index contributed by atoms with van der Waals surface area (Å²) in [6, 6.07) is 11.2. The van der Waals surface area contributed by atoms with Gasteiger partial charge in [-0.15, -0.1) is 0 Å². The van der Waals surface area contributed by atoms with E-state index in [4.69, 9.17) is 9.47 Å². The number of likely N-dealkylation sites (tertiary alicyclic amines) is 1. The van der Waals surface area contributed by atoms with Gasteiger partial charge in [-0.25, -0.2) is 9.59 Å². The molecular formula is C37H50N6O6. The first kappa shape index (κ1) is 34.7. The maximum absolute atomic E-state index is 14.1. The molecule has 2 aromatic rings. The molecule has 6 rings (SSSR count). The van der Waals surface area contributed by atoms with Crippen molar-refractivity contribution in [1.82, 2.24) is 24.9 Å². The average molecular weight is 675 g/mol. The molecule has 3 fully saturated rings. The molecule has 3 saturated heterocycles. The molecule has 0 aromatic heterocycles. The van der Waals surface area contributed by atoms with Crippen LogP contribution in [0.1, 0.15) is 54.9 Å². The number of esters is 1. The summed E-state index contributed by atoms with van der Waals surface area (Å²) < 4.78 is 11.0. The zero-order chi connectivity index (χ0) is 34.5. The van der Waals surface area contributed by atoms with Crippen molar-refractivity contribution in [3.63, 3.8) is 0 Å². The number of benzene rings is 2. The van der Waals surface area contributed by atoms with Crippen LogP contribution in [0.5, 0.6) is 5.75 Å². The van der Waals surface area contributed by atoms with Gasteiger partial charge in [0.05, 0.1) is 0 Å². The number of amides is 5. The van der Waals surface area contributed by atoms with Crippen molar-refractivity contribution in [2.75, 3.05) is 64.3 Å². The number of piperidine rings is 1. The molecule has 264 valence electrons. The summed E-state index contributed by atoms with van der Waals surface area (Å²) in [5, 5.41) is 6.16. The van der Waals surface area contributed by atoms with Gasteiger partial charge in [0.15, 0.2) is 0 Å². The molecular weight excluding hydrogens is 624 g/mol. The van der Waals surface area contributed by atoms with Gasteiger partial charge in [-0.2, -0.15) is 0 Å². The minimum Gasteiger partial charge on any atom is -0.426 e. The number of nitrogens with one attached hydrogen (secondary N) is 2. The average Bonchev–Trinajstić information content (AvgIpc) is 3.27. The summed E-state index contributed by atoms with van der Waals surface area (Å²) in [7, 11) is 0. The molecule has 4 aliphatic rings. The zero-order valence-electron chi connectivity index (χ0n) is 29.0. The van der Waals surface area contributed by atoms with Gasteiger partial charge in [0.2, 0.25) is 5.91 Å². The molecule has 5 amide bonds. The largest absolute Gasteiger partial charge is 0.426 e. The number of piperazine rings is 1. The normalized spacial score (nSPS) is 20.2. The zero-order valence-corrected chi connectivity index (χ0v) is 29.0. The first-order chi connectivity index (χ1) is 23.7. The molecule has 0 spiro atoms. The van der Waals surface area contributed by atoms with E-state index in [1.165, 1.54) is 6.92 Å². The van der Waals surface area contributed by atoms with E-state index in [0.717, 1.165) is 73.5 Å². The molecule has 2 aromatic carbocycles. The first-order valence-corrected chi connectivity index (χ1v) is 17.8. The van der Waals surface area contributed by atoms with Crippen molar-refractivity contribution in [1.29, 1.82) is 0 Å². The highest BCUT2D eigenvalue weighted by molar-refractivity contribution is 5.91. The Morgan fingerprint density at radius 3 is 2.24 bits per heavy atom. The number of carbonyl (C=O) groups excluding carboxylic acids is 4. The molecule has 0 aliphatic carbocycles. The number of hydrogen-bond donors (Lipinski definition) is 2.